The average Bonchev–Trinajstić information content (AvgIpc) is 3.38. The van der Waals surface area contributed by atoms with E-state index in [4.69, 9.17) is 14.2 Å². The maximum Gasteiger partial charge on any atom is 0.209 e. The molecule has 1 N–H and O–H groups in total. The highest BCUT2D eigenvalue weighted by Crippen LogP contribution is 2.37. The molecule has 40 heavy (non-hydrogen) atoms. The smallest absolute Gasteiger partial charge is 0.209 e. The number of methoxy groups -OCH3 is 2. The number of unbranched alkanes of at least 4 members (excludes halogenated alkanes) is 1. The second-order valence-electron chi connectivity index (χ2n) is 10.5. The van der Waals surface area contributed by atoms with Crippen LogP contribution in [-0.2, 0) is 16.3 Å². The summed E-state index contributed by atoms with van der Waals surface area (Å²) in [6.07, 6.45) is 7.66. The summed E-state index contributed by atoms with van der Waals surface area (Å²) in [7, 11) is -0.355. The van der Waals surface area contributed by atoms with E-state index in [1.807, 2.05) is 48.8 Å². The van der Waals surface area contributed by atoms with Crippen LogP contribution in [0.15, 0.2) is 76.8 Å². The lowest BCUT2D eigenvalue weighted by atomic mass is 9.90. The van der Waals surface area contributed by atoms with Crippen LogP contribution in [0.1, 0.15) is 61.8 Å². The number of nitrogens with zero attached hydrogens (tertiary/aromatic N) is 1. The fourth-order valence-corrected chi connectivity index (χ4v) is 7.30. The van der Waals surface area contributed by atoms with Gasteiger partial charge in [0.1, 0.15) is 10.6 Å². The van der Waals surface area contributed by atoms with Gasteiger partial charge in [-0.25, -0.2) is 8.42 Å². The van der Waals surface area contributed by atoms with Crippen LogP contribution in [-0.4, -0.2) is 40.2 Å². The van der Waals surface area contributed by atoms with Crippen molar-refractivity contribution in [2.24, 2.45) is 0 Å². The quantitative estimate of drug-likeness (QED) is 0.215. The molecule has 2 aromatic heterocycles. The molecule has 212 valence electrons. The Bertz CT molecular complexity index is 1580. The van der Waals surface area contributed by atoms with E-state index in [2.05, 4.69) is 17.4 Å². The molecule has 0 saturated heterocycles. The van der Waals surface area contributed by atoms with Crippen LogP contribution in [0.4, 0.5) is 0 Å². The van der Waals surface area contributed by atoms with Crippen LogP contribution >= 0.6 is 0 Å². The minimum atomic E-state index is -3.69. The highest BCUT2D eigenvalue weighted by Gasteiger charge is 2.27. The summed E-state index contributed by atoms with van der Waals surface area (Å²) in [5.41, 5.74) is 4.10. The zero-order chi connectivity index (χ0) is 28.3. The van der Waals surface area contributed by atoms with Crippen LogP contribution in [0, 0.1) is 0 Å². The number of benzene rings is 2. The standard InChI is InChI=1S/C32H38N2O5S/c1-22(2)27-21-34-17-7-5-10-29(34)32(27)40(35,36)25-13-11-24(12-14-25)39-18-8-6-9-28-26-20-31(38-4)30(37-3)19-23(26)15-16-33-28/h5,7,10-14,17,19-22,28,33H,6,8-9,15-16,18H2,1-4H3. The Kier molecular flexibility index (Phi) is 8.38. The van der Waals surface area contributed by atoms with Crippen LogP contribution < -0.4 is 19.5 Å². The van der Waals surface area contributed by atoms with Crippen LogP contribution in [0.25, 0.3) is 5.52 Å². The zero-order valence-electron chi connectivity index (χ0n) is 23.6. The van der Waals surface area contributed by atoms with Gasteiger partial charge in [-0.2, -0.15) is 0 Å². The number of ether oxygens (including phenoxy) is 3. The van der Waals surface area contributed by atoms with Gasteiger partial charge in [0.25, 0.3) is 0 Å². The van der Waals surface area contributed by atoms with E-state index in [1.165, 1.54) is 11.1 Å². The van der Waals surface area contributed by atoms with Crippen LogP contribution in [0.2, 0.25) is 0 Å². The first-order valence-corrected chi connectivity index (χ1v) is 15.4. The third-order valence-electron chi connectivity index (χ3n) is 7.65. The fraction of sp³-hybridized carbons (Fsp3) is 0.375. The van der Waals surface area contributed by atoms with Crippen molar-refractivity contribution < 1.29 is 22.6 Å². The summed E-state index contributed by atoms with van der Waals surface area (Å²) in [6.45, 7) is 5.54. The molecule has 5 rings (SSSR count). The van der Waals surface area contributed by atoms with E-state index < -0.39 is 9.84 Å². The topological polar surface area (TPSA) is 78.3 Å². The lowest BCUT2D eigenvalue weighted by Gasteiger charge is -2.28. The maximum atomic E-state index is 13.7. The zero-order valence-corrected chi connectivity index (χ0v) is 24.5. The van der Waals surface area contributed by atoms with E-state index in [0.717, 1.165) is 49.3 Å². The number of rotatable bonds is 11. The van der Waals surface area contributed by atoms with Gasteiger partial charge in [-0.3, -0.25) is 0 Å². The molecule has 0 radical (unpaired) electrons. The van der Waals surface area contributed by atoms with Gasteiger partial charge in [0.15, 0.2) is 11.5 Å². The van der Waals surface area contributed by atoms with E-state index in [-0.39, 0.29) is 16.9 Å². The van der Waals surface area contributed by atoms with Crippen molar-refractivity contribution in [1.29, 1.82) is 0 Å². The lowest BCUT2D eigenvalue weighted by molar-refractivity contribution is 0.299. The molecule has 0 fully saturated rings. The number of hydrogen-bond acceptors (Lipinski definition) is 6. The Morgan fingerprint density at radius 1 is 1.00 bits per heavy atom. The first kappa shape index (κ1) is 28.1. The summed E-state index contributed by atoms with van der Waals surface area (Å²) in [4.78, 5) is 0.651. The lowest BCUT2D eigenvalue weighted by Crippen LogP contribution is -2.30. The van der Waals surface area contributed by atoms with Gasteiger partial charge >= 0.3 is 0 Å². The molecule has 1 aliphatic rings. The van der Waals surface area contributed by atoms with Gasteiger partial charge in [0.05, 0.1) is 31.2 Å². The van der Waals surface area contributed by atoms with Crippen molar-refractivity contribution in [3.05, 3.63) is 83.7 Å². The molecule has 0 amide bonds. The van der Waals surface area contributed by atoms with Gasteiger partial charge in [-0.05, 0) is 103 Å². The predicted octanol–water partition coefficient (Wildman–Crippen LogP) is 6.35. The Balaban J connectivity index is 1.19. The molecule has 3 heterocycles. The molecular weight excluding hydrogens is 524 g/mol. The monoisotopic (exact) mass is 562 g/mol. The van der Waals surface area contributed by atoms with E-state index in [0.29, 0.717) is 22.8 Å². The van der Waals surface area contributed by atoms with Crippen molar-refractivity contribution in [3.8, 4) is 17.2 Å². The minimum absolute atomic E-state index is 0.0782. The highest BCUT2D eigenvalue weighted by molar-refractivity contribution is 7.91. The number of nitrogens with one attached hydrogen (secondary N) is 1. The first-order valence-electron chi connectivity index (χ1n) is 13.9. The Hall–Kier alpha value is -3.49. The Morgan fingerprint density at radius 3 is 2.48 bits per heavy atom. The predicted molar refractivity (Wildman–Crippen MR) is 157 cm³/mol. The average molecular weight is 563 g/mol. The van der Waals surface area contributed by atoms with Gasteiger partial charge in [0.2, 0.25) is 9.84 Å². The summed E-state index contributed by atoms with van der Waals surface area (Å²) in [6, 6.07) is 16.9. The van der Waals surface area contributed by atoms with Crippen molar-refractivity contribution in [2.45, 2.75) is 61.3 Å². The maximum absolute atomic E-state index is 13.7. The molecule has 0 spiro atoms. The summed E-state index contributed by atoms with van der Waals surface area (Å²) < 4.78 is 46.2. The molecule has 1 unspecified atom stereocenters. The molecule has 2 aromatic carbocycles. The first-order chi connectivity index (χ1) is 19.3. The summed E-state index contributed by atoms with van der Waals surface area (Å²) in [5, 5.41) is 3.63. The molecule has 0 aliphatic carbocycles. The van der Waals surface area contributed by atoms with Gasteiger partial charge < -0.3 is 23.9 Å². The van der Waals surface area contributed by atoms with Crippen LogP contribution in [0.5, 0.6) is 17.2 Å². The molecular formula is C32H38N2O5S. The number of fused-ring (bicyclic) bond motifs is 2. The SMILES string of the molecule is COc1cc2c(cc1OC)C(CCCCOc1ccc(S(=O)(=O)c3c(C(C)C)cn4ccccc34)cc1)NCC2. The highest BCUT2D eigenvalue weighted by atomic mass is 32.2. The van der Waals surface area contributed by atoms with Crippen molar-refractivity contribution >= 4 is 15.4 Å². The molecule has 8 heteroatoms. The molecule has 0 bridgehead atoms. The van der Waals surface area contributed by atoms with Crippen molar-refractivity contribution in [3.63, 3.8) is 0 Å². The fourth-order valence-electron chi connectivity index (χ4n) is 5.52. The number of aromatic nitrogens is 1. The summed E-state index contributed by atoms with van der Waals surface area (Å²) >= 11 is 0. The molecule has 7 nitrogen and oxygen atoms in total. The number of pyridine rings is 1. The normalized spacial score (nSPS) is 15.3. The van der Waals surface area contributed by atoms with Gasteiger partial charge in [-0.1, -0.05) is 19.9 Å². The second kappa shape index (κ2) is 11.9. The van der Waals surface area contributed by atoms with Gasteiger partial charge in [-0.15, -0.1) is 0 Å². The van der Waals surface area contributed by atoms with E-state index in [1.54, 1.807) is 38.5 Å². The molecule has 1 atom stereocenters. The third-order valence-corrected chi connectivity index (χ3v) is 9.52. The number of sulfone groups is 1. The molecule has 1 aliphatic heterocycles. The summed E-state index contributed by atoms with van der Waals surface area (Å²) in [5.74, 6) is 2.28. The second-order valence-corrected chi connectivity index (χ2v) is 12.4. The van der Waals surface area contributed by atoms with E-state index in [9.17, 15) is 8.42 Å². The van der Waals surface area contributed by atoms with E-state index >= 15 is 0 Å². The largest absolute Gasteiger partial charge is 0.494 e. The Morgan fingerprint density at radius 2 is 1.75 bits per heavy atom. The van der Waals surface area contributed by atoms with Gasteiger partial charge in [0, 0.05) is 18.4 Å². The Labute approximate surface area is 237 Å². The minimum Gasteiger partial charge on any atom is -0.494 e. The van der Waals surface area contributed by atoms with Crippen molar-refractivity contribution in [1.82, 2.24) is 9.72 Å². The number of hydrogen-bond donors (Lipinski definition) is 1. The van der Waals surface area contributed by atoms with Crippen LogP contribution in [0.3, 0.4) is 0 Å². The molecule has 4 aromatic rings. The third kappa shape index (κ3) is 5.56. The van der Waals surface area contributed by atoms with Crippen molar-refractivity contribution in [2.75, 3.05) is 27.4 Å². The molecule has 0 saturated carbocycles.